The van der Waals surface area contributed by atoms with Gasteiger partial charge in [0.1, 0.15) is 6.54 Å². The molecule has 4 heteroatoms. The first-order valence-corrected chi connectivity index (χ1v) is 11.4. The molecule has 0 spiro atoms. The van der Waals surface area contributed by atoms with Gasteiger partial charge >= 0.3 is 0 Å². The lowest BCUT2D eigenvalue weighted by molar-refractivity contribution is -0.945. The summed E-state index contributed by atoms with van der Waals surface area (Å²) in [5.41, 5.74) is 0. The highest BCUT2D eigenvalue weighted by molar-refractivity contribution is 4.50. The fraction of sp³-hybridized carbons (Fsp3) is 1.00. The molecule has 0 aromatic carbocycles. The van der Waals surface area contributed by atoms with Gasteiger partial charge in [-0.1, -0.05) is 84.0 Å². The van der Waals surface area contributed by atoms with Crippen LogP contribution in [0.4, 0.5) is 0 Å². The van der Waals surface area contributed by atoms with E-state index in [2.05, 4.69) is 6.92 Å². The SMILES string of the molecule is CCCCCCCCCCCCCCCC[N+](CO)(CCO)CCCO. The molecule has 0 bridgehead atoms. The molecule has 0 aromatic rings. The second-order valence-corrected chi connectivity index (χ2v) is 8.05. The van der Waals surface area contributed by atoms with Crippen molar-refractivity contribution in [3.05, 3.63) is 0 Å². The van der Waals surface area contributed by atoms with Crippen LogP contribution in [0.5, 0.6) is 0 Å². The largest absolute Gasteiger partial charge is 0.396 e. The Kier molecular flexibility index (Phi) is 19.5. The Hall–Kier alpha value is -0.160. The topological polar surface area (TPSA) is 60.7 Å². The van der Waals surface area contributed by atoms with E-state index in [9.17, 15) is 10.2 Å². The molecule has 0 rings (SSSR count). The van der Waals surface area contributed by atoms with Gasteiger partial charge in [0.15, 0.2) is 6.73 Å². The third-order valence-corrected chi connectivity index (χ3v) is 5.65. The predicted molar refractivity (Wildman–Crippen MR) is 111 cm³/mol. The van der Waals surface area contributed by atoms with Gasteiger partial charge in [0, 0.05) is 13.0 Å². The normalized spacial score (nSPS) is 13.8. The molecule has 1 unspecified atom stereocenters. The van der Waals surface area contributed by atoms with Crippen LogP contribution in [0.1, 0.15) is 103 Å². The second kappa shape index (κ2) is 19.6. The average Bonchev–Trinajstić information content (AvgIpc) is 2.66. The van der Waals surface area contributed by atoms with Gasteiger partial charge < -0.3 is 15.3 Å². The number of hydrogen-bond acceptors (Lipinski definition) is 3. The van der Waals surface area contributed by atoms with Gasteiger partial charge in [-0.05, 0) is 12.8 Å². The maximum Gasteiger partial charge on any atom is 0.180 e. The summed E-state index contributed by atoms with van der Waals surface area (Å²) >= 11 is 0. The van der Waals surface area contributed by atoms with Crippen molar-refractivity contribution >= 4 is 0 Å². The summed E-state index contributed by atoms with van der Waals surface area (Å²) in [6.07, 6.45) is 19.6. The molecule has 0 fully saturated rings. The molecule has 3 N–H and O–H groups in total. The van der Waals surface area contributed by atoms with Gasteiger partial charge in [0.05, 0.1) is 19.7 Å². The summed E-state index contributed by atoms with van der Waals surface area (Å²) in [7, 11) is 0. The van der Waals surface area contributed by atoms with Crippen LogP contribution in [-0.4, -0.2) is 59.4 Å². The summed E-state index contributed by atoms with van der Waals surface area (Å²) in [5, 5.41) is 28.0. The number of rotatable bonds is 21. The van der Waals surface area contributed by atoms with Crippen LogP contribution in [0.2, 0.25) is 0 Å². The maximum atomic E-state index is 9.72. The first kappa shape index (κ1) is 25.8. The lowest BCUT2D eigenvalue weighted by atomic mass is 10.0. The molecule has 0 aromatic heterocycles. The monoisotopic (exact) mass is 374 g/mol. The Morgan fingerprint density at radius 1 is 0.462 bits per heavy atom. The van der Waals surface area contributed by atoms with Gasteiger partial charge in [-0.15, -0.1) is 0 Å². The first-order chi connectivity index (χ1) is 12.7. The third kappa shape index (κ3) is 15.0. The number of aliphatic hydroxyl groups is 3. The molecular formula is C22H48NO3+. The number of aliphatic hydroxyl groups excluding tert-OH is 3. The minimum absolute atomic E-state index is 0.0685. The zero-order valence-corrected chi connectivity index (χ0v) is 17.6. The second-order valence-electron chi connectivity index (χ2n) is 8.05. The van der Waals surface area contributed by atoms with Crippen LogP contribution < -0.4 is 0 Å². The lowest BCUT2D eigenvalue weighted by Gasteiger charge is -2.36. The molecule has 158 valence electrons. The smallest absolute Gasteiger partial charge is 0.180 e. The van der Waals surface area contributed by atoms with Crippen molar-refractivity contribution in [2.75, 3.05) is 39.6 Å². The van der Waals surface area contributed by atoms with Gasteiger partial charge in [-0.25, -0.2) is 0 Å². The van der Waals surface area contributed by atoms with Crippen LogP contribution in [0.25, 0.3) is 0 Å². The molecule has 0 saturated heterocycles. The molecule has 0 radical (unpaired) electrons. The van der Waals surface area contributed by atoms with Crippen molar-refractivity contribution in [3.8, 4) is 0 Å². The Balaban J connectivity index is 3.50. The molecule has 1 atom stereocenters. The summed E-state index contributed by atoms with van der Waals surface area (Å²) < 4.78 is 0.537. The van der Waals surface area contributed by atoms with Crippen molar-refractivity contribution in [2.24, 2.45) is 0 Å². The first-order valence-electron chi connectivity index (χ1n) is 11.4. The van der Waals surface area contributed by atoms with Crippen LogP contribution in [0.15, 0.2) is 0 Å². The van der Waals surface area contributed by atoms with Crippen molar-refractivity contribution in [1.82, 2.24) is 0 Å². The van der Waals surface area contributed by atoms with E-state index in [-0.39, 0.29) is 19.9 Å². The zero-order chi connectivity index (χ0) is 19.3. The zero-order valence-electron chi connectivity index (χ0n) is 17.6. The molecular weight excluding hydrogens is 326 g/mol. The third-order valence-electron chi connectivity index (χ3n) is 5.65. The quantitative estimate of drug-likeness (QED) is 0.156. The molecule has 0 amide bonds. The van der Waals surface area contributed by atoms with Crippen LogP contribution in [0.3, 0.4) is 0 Å². The van der Waals surface area contributed by atoms with E-state index in [1.54, 1.807) is 0 Å². The van der Waals surface area contributed by atoms with Gasteiger partial charge in [0.2, 0.25) is 0 Å². The summed E-state index contributed by atoms with van der Waals surface area (Å²) in [6.45, 7) is 4.86. The Morgan fingerprint density at radius 3 is 1.27 bits per heavy atom. The molecule has 26 heavy (non-hydrogen) atoms. The maximum absolute atomic E-state index is 9.72. The van der Waals surface area contributed by atoms with E-state index in [4.69, 9.17) is 5.11 Å². The predicted octanol–water partition coefficient (Wildman–Crippen LogP) is 4.61. The van der Waals surface area contributed by atoms with E-state index in [1.165, 1.54) is 83.5 Å². The van der Waals surface area contributed by atoms with E-state index in [1.807, 2.05) is 0 Å². The summed E-state index contributed by atoms with van der Waals surface area (Å²) in [5.74, 6) is 0. The van der Waals surface area contributed by atoms with Gasteiger partial charge in [0.25, 0.3) is 0 Å². The number of quaternary nitrogens is 1. The van der Waals surface area contributed by atoms with Crippen molar-refractivity contribution in [2.45, 2.75) is 103 Å². The average molecular weight is 375 g/mol. The molecule has 0 aliphatic carbocycles. The standard InChI is InChI=1S/C22H48NO3/c1-2-3-4-5-6-7-8-9-10-11-12-13-14-15-17-23(22-26,19-21-25)18-16-20-24/h24-26H,2-22H2,1H3/q+1. The molecule has 4 nitrogen and oxygen atoms in total. The minimum atomic E-state index is 0.0685. The fourth-order valence-corrected chi connectivity index (χ4v) is 3.81. The van der Waals surface area contributed by atoms with E-state index < -0.39 is 0 Å². The van der Waals surface area contributed by atoms with E-state index in [0.717, 1.165) is 19.5 Å². The van der Waals surface area contributed by atoms with E-state index >= 15 is 0 Å². The highest BCUT2D eigenvalue weighted by Crippen LogP contribution is 2.15. The van der Waals surface area contributed by atoms with Crippen LogP contribution in [0, 0.1) is 0 Å². The summed E-state index contributed by atoms with van der Waals surface area (Å²) in [4.78, 5) is 0. The highest BCUT2D eigenvalue weighted by Gasteiger charge is 2.24. The Bertz CT molecular complexity index is 276. The number of nitrogens with zero attached hydrogens (tertiary/aromatic N) is 1. The fourth-order valence-electron chi connectivity index (χ4n) is 3.81. The Labute approximate surface area is 163 Å². The van der Waals surface area contributed by atoms with Crippen molar-refractivity contribution in [1.29, 1.82) is 0 Å². The van der Waals surface area contributed by atoms with Crippen LogP contribution >= 0.6 is 0 Å². The van der Waals surface area contributed by atoms with E-state index in [0.29, 0.717) is 17.4 Å². The molecule has 0 heterocycles. The molecule has 0 aliphatic rings. The van der Waals surface area contributed by atoms with Crippen LogP contribution in [-0.2, 0) is 0 Å². The molecule has 0 aliphatic heterocycles. The number of hydrogen-bond donors (Lipinski definition) is 3. The van der Waals surface area contributed by atoms with Crippen molar-refractivity contribution in [3.63, 3.8) is 0 Å². The number of unbranched alkanes of at least 4 members (excludes halogenated alkanes) is 13. The highest BCUT2D eigenvalue weighted by atomic mass is 16.3. The Morgan fingerprint density at radius 2 is 0.885 bits per heavy atom. The van der Waals surface area contributed by atoms with Gasteiger partial charge in [-0.3, -0.25) is 4.48 Å². The lowest BCUT2D eigenvalue weighted by Crippen LogP contribution is -2.52. The summed E-state index contributed by atoms with van der Waals surface area (Å²) in [6, 6.07) is 0. The molecule has 0 saturated carbocycles. The minimum Gasteiger partial charge on any atom is -0.396 e. The van der Waals surface area contributed by atoms with Crippen molar-refractivity contribution < 1.29 is 19.8 Å². The van der Waals surface area contributed by atoms with Gasteiger partial charge in [-0.2, -0.15) is 0 Å².